The van der Waals surface area contributed by atoms with Gasteiger partial charge < -0.3 is 4.90 Å². The molecule has 3 rings (SSSR count). The van der Waals surface area contributed by atoms with Crippen LogP contribution in [-0.4, -0.2) is 23.1 Å². The Morgan fingerprint density at radius 1 is 1.20 bits per heavy atom. The lowest BCUT2D eigenvalue weighted by molar-refractivity contribution is 0.220. The molecule has 2 fully saturated rings. The van der Waals surface area contributed by atoms with Crippen LogP contribution < -0.4 is 4.90 Å². The van der Waals surface area contributed by atoms with Gasteiger partial charge in [-0.15, -0.1) is 0 Å². The smallest absolute Gasteiger partial charge is 0.147 e. The number of hydrogen-bond donors (Lipinski definition) is 0. The Morgan fingerprint density at radius 3 is 2.60 bits per heavy atom. The van der Waals surface area contributed by atoms with Crippen molar-refractivity contribution < 1.29 is 0 Å². The Morgan fingerprint density at radius 2 is 1.93 bits per heavy atom. The quantitative estimate of drug-likeness (QED) is 0.700. The lowest BCUT2D eigenvalue weighted by atomic mass is 9.78. The highest BCUT2D eigenvalue weighted by Crippen LogP contribution is 2.46. The summed E-state index contributed by atoms with van der Waals surface area (Å²) in [6, 6.07) is 0. The van der Waals surface area contributed by atoms with Gasteiger partial charge in [0.25, 0.3) is 0 Å². The number of hydrogen-bond acceptors (Lipinski definition) is 3. The average molecular weight is 203 g/mol. The van der Waals surface area contributed by atoms with E-state index in [-0.39, 0.29) is 0 Å². The second kappa shape index (κ2) is 3.19. The molecule has 0 atom stereocenters. The molecule has 3 nitrogen and oxygen atoms in total. The van der Waals surface area contributed by atoms with Gasteiger partial charge in [-0.05, 0) is 19.8 Å². The maximum atomic E-state index is 4.51. The molecule has 1 saturated heterocycles. The van der Waals surface area contributed by atoms with Gasteiger partial charge in [-0.2, -0.15) is 0 Å². The molecule has 1 aromatic heterocycles. The molecule has 1 aromatic rings. The van der Waals surface area contributed by atoms with Crippen molar-refractivity contribution in [2.75, 3.05) is 18.0 Å². The summed E-state index contributed by atoms with van der Waals surface area (Å²) in [5, 5.41) is 0. The molecule has 1 aliphatic heterocycles. The van der Waals surface area contributed by atoms with E-state index in [0.29, 0.717) is 5.41 Å². The van der Waals surface area contributed by atoms with Gasteiger partial charge >= 0.3 is 0 Å². The van der Waals surface area contributed by atoms with Crippen LogP contribution in [0.4, 0.5) is 5.82 Å². The topological polar surface area (TPSA) is 29.0 Å². The lowest BCUT2D eigenvalue weighted by Crippen LogP contribution is -2.55. The maximum Gasteiger partial charge on any atom is 0.147 e. The summed E-state index contributed by atoms with van der Waals surface area (Å²) in [6.45, 7) is 4.40. The predicted molar refractivity (Wildman–Crippen MR) is 59.9 cm³/mol. The molecule has 0 bridgehead atoms. The minimum Gasteiger partial charge on any atom is -0.354 e. The van der Waals surface area contributed by atoms with Crippen LogP contribution in [0, 0.1) is 12.3 Å². The minimum absolute atomic E-state index is 0.644. The molecule has 80 valence electrons. The van der Waals surface area contributed by atoms with E-state index in [1.54, 1.807) is 0 Å². The van der Waals surface area contributed by atoms with E-state index in [9.17, 15) is 0 Å². The van der Waals surface area contributed by atoms with Crippen molar-refractivity contribution in [3.05, 3.63) is 18.1 Å². The van der Waals surface area contributed by atoms with E-state index in [0.717, 1.165) is 11.5 Å². The molecule has 0 radical (unpaired) electrons. The van der Waals surface area contributed by atoms with Crippen LogP contribution in [0.25, 0.3) is 0 Å². The Kier molecular flexibility index (Phi) is 1.94. The van der Waals surface area contributed by atoms with Gasteiger partial charge in [0.2, 0.25) is 0 Å². The van der Waals surface area contributed by atoms with Gasteiger partial charge in [0.05, 0.1) is 11.9 Å². The van der Waals surface area contributed by atoms with E-state index in [1.165, 1.54) is 38.8 Å². The summed E-state index contributed by atoms with van der Waals surface area (Å²) in [7, 11) is 0. The van der Waals surface area contributed by atoms with Gasteiger partial charge in [-0.3, -0.25) is 4.98 Å². The van der Waals surface area contributed by atoms with Gasteiger partial charge in [0.1, 0.15) is 5.82 Å². The number of nitrogens with zero attached hydrogens (tertiary/aromatic N) is 3. The molecule has 0 aromatic carbocycles. The van der Waals surface area contributed by atoms with Crippen molar-refractivity contribution in [3.8, 4) is 0 Å². The fourth-order valence-corrected chi connectivity index (χ4v) is 2.97. The zero-order chi connectivity index (χ0) is 10.3. The van der Waals surface area contributed by atoms with E-state index in [1.807, 2.05) is 19.3 Å². The molecule has 3 heteroatoms. The molecule has 1 aliphatic carbocycles. The molecule has 2 aliphatic rings. The molecule has 0 unspecified atom stereocenters. The molecule has 1 saturated carbocycles. The third-order valence-electron chi connectivity index (χ3n) is 3.78. The summed E-state index contributed by atoms with van der Waals surface area (Å²) >= 11 is 0. The van der Waals surface area contributed by atoms with Crippen molar-refractivity contribution in [1.29, 1.82) is 0 Å². The first kappa shape index (κ1) is 9.13. The van der Waals surface area contributed by atoms with Crippen molar-refractivity contribution in [2.24, 2.45) is 5.41 Å². The SMILES string of the molecule is Cc1cncc(N2CC3(CCCC3)C2)n1. The molecule has 0 N–H and O–H groups in total. The normalized spacial score (nSPS) is 23.1. The Balaban J connectivity index is 1.72. The second-order valence-electron chi connectivity index (χ2n) is 5.08. The van der Waals surface area contributed by atoms with Gasteiger partial charge in [0.15, 0.2) is 0 Å². The molecular weight excluding hydrogens is 186 g/mol. The van der Waals surface area contributed by atoms with Crippen LogP contribution in [0.15, 0.2) is 12.4 Å². The first-order valence-corrected chi connectivity index (χ1v) is 5.81. The third-order valence-corrected chi connectivity index (χ3v) is 3.78. The number of anilines is 1. The molecule has 15 heavy (non-hydrogen) atoms. The van der Waals surface area contributed by atoms with Crippen LogP contribution in [0.1, 0.15) is 31.4 Å². The summed E-state index contributed by atoms with van der Waals surface area (Å²) in [4.78, 5) is 11.1. The van der Waals surface area contributed by atoms with Crippen molar-refractivity contribution in [1.82, 2.24) is 9.97 Å². The fraction of sp³-hybridized carbons (Fsp3) is 0.667. The van der Waals surface area contributed by atoms with Crippen LogP contribution >= 0.6 is 0 Å². The van der Waals surface area contributed by atoms with Crippen LogP contribution in [0.3, 0.4) is 0 Å². The molecule has 1 spiro atoms. The molecule has 2 heterocycles. The molecular formula is C12H17N3. The number of rotatable bonds is 1. The van der Waals surface area contributed by atoms with Gasteiger partial charge in [-0.25, -0.2) is 4.98 Å². The van der Waals surface area contributed by atoms with Crippen molar-refractivity contribution in [2.45, 2.75) is 32.6 Å². The highest BCUT2D eigenvalue weighted by molar-refractivity contribution is 5.41. The van der Waals surface area contributed by atoms with Crippen LogP contribution in [0.5, 0.6) is 0 Å². The summed E-state index contributed by atoms with van der Waals surface area (Å²) < 4.78 is 0. The summed E-state index contributed by atoms with van der Waals surface area (Å²) in [6.07, 6.45) is 9.38. The fourth-order valence-electron chi connectivity index (χ4n) is 2.97. The van der Waals surface area contributed by atoms with E-state index in [4.69, 9.17) is 0 Å². The van der Waals surface area contributed by atoms with Gasteiger partial charge in [0, 0.05) is 24.7 Å². The highest BCUT2D eigenvalue weighted by Gasteiger charge is 2.45. The monoisotopic (exact) mass is 203 g/mol. The minimum atomic E-state index is 0.644. The Hall–Kier alpha value is -1.12. The average Bonchev–Trinajstić information content (AvgIpc) is 2.64. The Bertz CT molecular complexity index is 361. The predicted octanol–water partition coefficient (Wildman–Crippen LogP) is 2.17. The Labute approximate surface area is 90.5 Å². The zero-order valence-corrected chi connectivity index (χ0v) is 9.24. The largest absolute Gasteiger partial charge is 0.354 e. The summed E-state index contributed by atoms with van der Waals surface area (Å²) in [5.74, 6) is 1.06. The van der Waals surface area contributed by atoms with E-state index >= 15 is 0 Å². The standard InChI is InChI=1S/C12H17N3/c1-10-6-13-7-11(14-10)15-8-12(9-15)4-2-3-5-12/h6-7H,2-5,8-9H2,1H3. The number of aromatic nitrogens is 2. The zero-order valence-electron chi connectivity index (χ0n) is 9.24. The van der Waals surface area contributed by atoms with Gasteiger partial charge in [-0.1, -0.05) is 12.8 Å². The third kappa shape index (κ3) is 1.50. The second-order valence-corrected chi connectivity index (χ2v) is 5.08. The molecule has 0 amide bonds. The first-order valence-electron chi connectivity index (χ1n) is 5.81. The van der Waals surface area contributed by atoms with Crippen LogP contribution in [-0.2, 0) is 0 Å². The summed E-state index contributed by atoms with van der Waals surface area (Å²) in [5.41, 5.74) is 1.66. The van der Waals surface area contributed by atoms with Crippen LogP contribution in [0.2, 0.25) is 0 Å². The highest BCUT2D eigenvalue weighted by atomic mass is 15.3. The lowest BCUT2D eigenvalue weighted by Gasteiger charge is -2.48. The van der Waals surface area contributed by atoms with Crippen molar-refractivity contribution >= 4 is 5.82 Å². The first-order chi connectivity index (χ1) is 7.27. The van der Waals surface area contributed by atoms with E-state index < -0.39 is 0 Å². The van der Waals surface area contributed by atoms with Crippen molar-refractivity contribution in [3.63, 3.8) is 0 Å². The number of aryl methyl sites for hydroxylation is 1. The van der Waals surface area contributed by atoms with E-state index in [2.05, 4.69) is 14.9 Å². The maximum absolute atomic E-state index is 4.51.